The van der Waals surface area contributed by atoms with E-state index in [4.69, 9.17) is 5.73 Å². The molecule has 3 N–H and O–H groups in total. The first-order valence-corrected chi connectivity index (χ1v) is 3.74. The second-order valence-electron chi connectivity index (χ2n) is 2.05. The molecular formula is C7H12N2OS. The van der Waals surface area contributed by atoms with Crippen LogP contribution < -0.4 is 11.1 Å². The van der Waals surface area contributed by atoms with Gasteiger partial charge in [0.05, 0.1) is 10.7 Å². The fourth-order valence-electron chi connectivity index (χ4n) is 0.610. The van der Waals surface area contributed by atoms with Crippen molar-refractivity contribution < 1.29 is 4.79 Å². The van der Waals surface area contributed by atoms with Crippen LogP contribution in [0.1, 0.15) is 13.8 Å². The van der Waals surface area contributed by atoms with E-state index < -0.39 is 0 Å². The Kier molecular flexibility index (Phi) is 4.45. The van der Waals surface area contributed by atoms with Crippen molar-refractivity contribution >= 4 is 23.0 Å². The lowest BCUT2D eigenvalue weighted by molar-refractivity contribution is -0.113. The highest BCUT2D eigenvalue weighted by molar-refractivity contribution is 7.80. The topological polar surface area (TPSA) is 55.1 Å². The van der Waals surface area contributed by atoms with E-state index in [1.165, 1.54) is 13.0 Å². The van der Waals surface area contributed by atoms with Gasteiger partial charge in [-0.2, -0.15) is 0 Å². The number of rotatable bonds is 4. The number of nitrogens with one attached hydrogen (secondary N) is 1. The number of nitrogens with two attached hydrogens (primary N) is 1. The van der Waals surface area contributed by atoms with Crippen molar-refractivity contribution in [3.8, 4) is 0 Å². The largest absolute Gasteiger partial charge is 0.390 e. The van der Waals surface area contributed by atoms with Crippen LogP contribution in [-0.2, 0) is 4.79 Å². The van der Waals surface area contributed by atoms with Gasteiger partial charge in [-0.15, -0.1) is 0 Å². The summed E-state index contributed by atoms with van der Waals surface area (Å²) in [4.78, 5) is 11.0. The minimum atomic E-state index is -0.0559. The summed E-state index contributed by atoms with van der Waals surface area (Å²) in [5, 5.41) is 2.86. The van der Waals surface area contributed by atoms with E-state index in [1.807, 2.05) is 6.92 Å². The predicted molar refractivity (Wildman–Crippen MR) is 49.2 cm³/mol. The molecule has 0 aliphatic carbocycles. The Hall–Kier alpha value is -0.900. The quantitative estimate of drug-likeness (QED) is 0.475. The minimum Gasteiger partial charge on any atom is -0.390 e. The van der Waals surface area contributed by atoms with Gasteiger partial charge in [0, 0.05) is 13.5 Å². The molecule has 0 radical (unpaired) electrons. The highest BCUT2D eigenvalue weighted by Gasteiger charge is 2.00. The van der Waals surface area contributed by atoms with Gasteiger partial charge in [-0.1, -0.05) is 12.2 Å². The number of likely N-dealkylation sites (N-methyl/N-ethyl adjacent to an activating group) is 1. The van der Waals surface area contributed by atoms with Crippen molar-refractivity contribution in [2.75, 3.05) is 6.54 Å². The Morgan fingerprint density at radius 1 is 1.73 bits per heavy atom. The molecule has 0 aromatic heterocycles. The lowest BCUT2D eigenvalue weighted by Gasteiger charge is -2.03. The van der Waals surface area contributed by atoms with Gasteiger partial charge in [0.2, 0.25) is 0 Å². The zero-order valence-corrected chi connectivity index (χ0v) is 7.49. The van der Waals surface area contributed by atoms with E-state index in [2.05, 4.69) is 17.5 Å². The van der Waals surface area contributed by atoms with Crippen LogP contribution in [0.2, 0.25) is 0 Å². The predicted octanol–water partition coefficient (Wildman–Crippen LogP) is 0.355. The maximum atomic E-state index is 10.8. The van der Waals surface area contributed by atoms with Crippen molar-refractivity contribution in [1.82, 2.24) is 5.32 Å². The highest BCUT2D eigenvalue weighted by atomic mass is 32.1. The van der Waals surface area contributed by atoms with Crippen LogP contribution >= 0.6 is 12.2 Å². The first-order valence-electron chi connectivity index (χ1n) is 3.33. The maximum absolute atomic E-state index is 10.8. The van der Waals surface area contributed by atoms with Crippen LogP contribution in [0.25, 0.3) is 0 Å². The highest BCUT2D eigenvalue weighted by Crippen LogP contribution is 1.90. The molecule has 0 amide bonds. The standard InChI is InChI=1S/C7H12N2OS/c1-3-9-6(5(2)10)4-7(8)11/h4,9H,3H2,1-2H3,(H2,8,11)/b6-4-. The second-order valence-corrected chi connectivity index (χ2v) is 2.52. The Labute approximate surface area is 71.6 Å². The van der Waals surface area contributed by atoms with E-state index in [-0.39, 0.29) is 10.8 Å². The summed E-state index contributed by atoms with van der Waals surface area (Å²) in [5.41, 5.74) is 5.70. The molecule has 0 aromatic rings. The van der Waals surface area contributed by atoms with E-state index in [0.29, 0.717) is 12.2 Å². The Morgan fingerprint density at radius 2 is 2.27 bits per heavy atom. The van der Waals surface area contributed by atoms with E-state index >= 15 is 0 Å². The Balaban J connectivity index is 4.32. The molecule has 0 aliphatic heterocycles. The molecule has 0 saturated heterocycles. The normalized spacial score (nSPS) is 10.9. The number of ketones is 1. The third-order valence-corrected chi connectivity index (χ3v) is 1.15. The molecule has 0 bridgehead atoms. The van der Waals surface area contributed by atoms with Crippen LogP contribution in [-0.4, -0.2) is 17.3 Å². The molecule has 4 heteroatoms. The summed E-state index contributed by atoms with van der Waals surface area (Å²) in [7, 11) is 0. The number of allylic oxidation sites excluding steroid dienone is 1. The summed E-state index contributed by atoms with van der Waals surface area (Å²) in [6.07, 6.45) is 1.46. The number of hydrogen-bond donors (Lipinski definition) is 2. The first-order chi connectivity index (χ1) is 5.07. The van der Waals surface area contributed by atoms with Crippen LogP contribution in [0.4, 0.5) is 0 Å². The number of hydrogen-bond acceptors (Lipinski definition) is 3. The summed E-state index contributed by atoms with van der Waals surface area (Å²) in [6, 6.07) is 0. The van der Waals surface area contributed by atoms with Gasteiger partial charge in [-0.25, -0.2) is 0 Å². The summed E-state index contributed by atoms with van der Waals surface area (Å²) >= 11 is 4.61. The zero-order chi connectivity index (χ0) is 8.85. The molecule has 3 nitrogen and oxygen atoms in total. The number of thiocarbonyl (C=S) groups is 1. The Bertz CT molecular complexity index is 199. The molecule has 11 heavy (non-hydrogen) atoms. The molecule has 0 atom stereocenters. The number of carbonyl (C=O) groups is 1. The summed E-state index contributed by atoms with van der Waals surface area (Å²) in [6.45, 7) is 4.05. The van der Waals surface area contributed by atoms with Gasteiger partial charge in [0.1, 0.15) is 0 Å². The van der Waals surface area contributed by atoms with Crippen LogP contribution in [0.15, 0.2) is 11.8 Å². The molecule has 0 aromatic carbocycles. The van der Waals surface area contributed by atoms with Crippen molar-refractivity contribution in [2.24, 2.45) is 5.73 Å². The third kappa shape index (κ3) is 4.50. The number of carbonyl (C=O) groups excluding carboxylic acids is 1. The van der Waals surface area contributed by atoms with E-state index in [0.717, 1.165) is 0 Å². The molecule has 0 unspecified atom stereocenters. The SMILES string of the molecule is CCN/C(=C\C(N)=S)C(C)=O. The van der Waals surface area contributed by atoms with Crippen LogP contribution in [0, 0.1) is 0 Å². The third-order valence-electron chi connectivity index (χ3n) is 1.03. The summed E-state index contributed by atoms with van der Waals surface area (Å²) in [5.74, 6) is -0.0559. The maximum Gasteiger partial charge on any atom is 0.175 e. The first kappa shape index (κ1) is 10.1. The van der Waals surface area contributed by atoms with Crippen molar-refractivity contribution in [2.45, 2.75) is 13.8 Å². The van der Waals surface area contributed by atoms with E-state index in [1.54, 1.807) is 0 Å². The van der Waals surface area contributed by atoms with Gasteiger partial charge in [0.15, 0.2) is 5.78 Å². The molecule has 0 heterocycles. The minimum absolute atomic E-state index is 0.0559. The lowest BCUT2D eigenvalue weighted by Crippen LogP contribution is -2.20. The number of Topliss-reactive ketones (excluding diaryl/α,β-unsaturated/α-hetero) is 1. The lowest BCUT2D eigenvalue weighted by atomic mass is 10.3. The molecule has 0 rings (SSSR count). The molecule has 0 fully saturated rings. The average Bonchev–Trinajstić information content (AvgIpc) is 1.86. The average molecular weight is 172 g/mol. The van der Waals surface area contributed by atoms with Gasteiger partial charge >= 0.3 is 0 Å². The second kappa shape index (κ2) is 4.85. The van der Waals surface area contributed by atoms with Gasteiger partial charge in [0.25, 0.3) is 0 Å². The van der Waals surface area contributed by atoms with Gasteiger partial charge in [-0.3, -0.25) is 4.79 Å². The Morgan fingerprint density at radius 3 is 2.55 bits per heavy atom. The monoisotopic (exact) mass is 172 g/mol. The molecular weight excluding hydrogens is 160 g/mol. The molecule has 0 saturated carbocycles. The van der Waals surface area contributed by atoms with Crippen molar-refractivity contribution in [3.05, 3.63) is 11.8 Å². The molecule has 0 spiro atoms. The molecule has 62 valence electrons. The van der Waals surface area contributed by atoms with Crippen LogP contribution in [0.5, 0.6) is 0 Å². The fraction of sp³-hybridized carbons (Fsp3) is 0.429. The van der Waals surface area contributed by atoms with Crippen molar-refractivity contribution in [1.29, 1.82) is 0 Å². The smallest absolute Gasteiger partial charge is 0.175 e. The van der Waals surface area contributed by atoms with Crippen LogP contribution in [0.3, 0.4) is 0 Å². The molecule has 0 aliphatic rings. The zero-order valence-electron chi connectivity index (χ0n) is 6.68. The summed E-state index contributed by atoms with van der Waals surface area (Å²) < 4.78 is 0. The van der Waals surface area contributed by atoms with E-state index in [9.17, 15) is 4.79 Å². The van der Waals surface area contributed by atoms with Gasteiger partial charge < -0.3 is 11.1 Å². The fourth-order valence-corrected chi connectivity index (χ4v) is 0.728. The van der Waals surface area contributed by atoms with Crippen molar-refractivity contribution in [3.63, 3.8) is 0 Å². The van der Waals surface area contributed by atoms with Gasteiger partial charge in [-0.05, 0) is 13.0 Å².